The van der Waals surface area contributed by atoms with E-state index in [0.717, 1.165) is 56.9 Å². The van der Waals surface area contributed by atoms with E-state index < -0.39 is 0 Å². The van der Waals surface area contributed by atoms with E-state index in [1.165, 1.54) is 5.57 Å². The first-order chi connectivity index (χ1) is 17.1. The highest BCUT2D eigenvalue weighted by atomic mass is 16.4. The fraction of sp³-hybridized carbons (Fsp3) is 0.519. The lowest BCUT2D eigenvalue weighted by atomic mass is 9.69. The lowest BCUT2D eigenvalue weighted by Crippen LogP contribution is -2.49. The predicted octanol–water partition coefficient (Wildman–Crippen LogP) is 4.14. The Labute approximate surface area is 207 Å². The summed E-state index contributed by atoms with van der Waals surface area (Å²) in [5.41, 5.74) is 2.31. The van der Waals surface area contributed by atoms with Crippen LogP contribution < -0.4 is 4.90 Å². The Kier molecular flexibility index (Phi) is 7.18. The van der Waals surface area contributed by atoms with E-state index in [0.29, 0.717) is 35.5 Å². The fourth-order valence-electron chi connectivity index (χ4n) is 5.55. The van der Waals surface area contributed by atoms with Gasteiger partial charge in [-0.2, -0.15) is 0 Å². The van der Waals surface area contributed by atoms with Crippen molar-refractivity contribution >= 4 is 5.82 Å². The van der Waals surface area contributed by atoms with Crippen molar-refractivity contribution in [3.63, 3.8) is 0 Å². The Morgan fingerprint density at radius 3 is 2.57 bits per heavy atom. The van der Waals surface area contributed by atoms with Crippen LogP contribution in [0.4, 0.5) is 5.82 Å². The maximum absolute atomic E-state index is 6.00. The van der Waals surface area contributed by atoms with Crippen LogP contribution in [0.5, 0.6) is 0 Å². The molecule has 1 fully saturated rings. The maximum atomic E-state index is 6.00. The van der Waals surface area contributed by atoms with Crippen molar-refractivity contribution in [1.82, 2.24) is 30.0 Å². The van der Waals surface area contributed by atoms with Crippen molar-refractivity contribution in [3.8, 4) is 11.5 Å². The number of hydrogen-bond donors (Lipinski definition) is 0. The largest absolute Gasteiger partial charge is 0.421 e. The minimum Gasteiger partial charge on any atom is -0.421 e. The first-order valence-corrected chi connectivity index (χ1v) is 12.7. The van der Waals surface area contributed by atoms with Crippen LogP contribution >= 0.6 is 0 Å². The third-order valence-electron chi connectivity index (χ3n) is 7.60. The minimum absolute atomic E-state index is 0.439. The molecule has 0 N–H and O–H groups in total. The fourth-order valence-corrected chi connectivity index (χ4v) is 5.55. The maximum Gasteiger partial charge on any atom is 0.249 e. The summed E-state index contributed by atoms with van der Waals surface area (Å²) in [7, 11) is 0. The average molecular weight is 474 g/mol. The number of allylic oxidation sites excluding steroid dienone is 1. The zero-order valence-corrected chi connectivity index (χ0v) is 20.9. The van der Waals surface area contributed by atoms with Crippen LogP contribution in [0.15, 0.2) is 59.2 Å². The molecule has 2 aliphatic rings. The summed E-state index contributed by atoms with van der Waals surface area (Å²) < 4.78 is 6.00. The molecular formula is C27H35N7O. The highest BCUT2D eigenvalue weighted by molar-refractivity contribution is 5.49. The zero-order valence-electron chi connectivity index (χ0n) is 20.9. The third kappa shape index (κ3) is 5.59. The number of piperazine rings is 1. The summed E-state index contributed by atoms with van der Waals surface area (Å²) in [5.74, 6) is 4.52. The van der Waals surface area contributed by atoms with Crippen molar-refractivity contribution in [2.24, 2.45) is 23.7 Å². The molecule has 8 nitrogen and oxygen atoms in total. The first-order valence-electron chi connectivity index (χ1n) is 12.7. The van der Waals surface area contributed by atoms with Crippen LogP contribution in [-0.2, 0) is 6.42 Å². The highest BCUT2D eigenvalue weighted by Crippen LogP contribution is 2.39. The van der Waals surface area contributed by atoms with Crippen LogP contribution in [0.2, 0.25) is 0 Å². The summed E-state index contributed by atoms with van der Waals surface area (Å²) in [6.45, 7) is 12.2. The van der Waals surface area contributed by atoms with E-state index in [1.807, 2.05) is 18.3 Å². The Hall–Kier alpha value is -3.13. The summed E-state index contributed by atoms with van der Waals surface area (Å²) in [6, 6.07) is 3.83. The van der Waals surface area contributed by atoms with Gasteiger partial charge >= 0.3 is 0 Å². The third-order valence-corrected chi connectivity index (χ3v) is 7.60. The number of hydrogen-bond acceptors (Lipinski definition) is 8. The smallest absolute Gasteiger partial charge is 0.249 e. The molecule has 5 rings (SSSR count). The molecule has 3 aromatic heterocycles. The Morgan fingerprint density at radius 2 is 1.86 bits per heavy atom. The van der Waals surface area contributed by atoms with Gasteiger partial charge in [0.2, 0.25) is 11.8 Å². The van der Waals surface area contributed by atoms with Gasteiger partial charge in [0.1, 0.15) is 5.82 Å². The molecule has 35 heavy (non-hydrogen) atoms. The van der Waals surface area contributed by atoms with Gasteiger partial charge in [-0.3, -0.25) is 14.9 Å². The number of aromatic nitrogens is 5. The SMILES string of the molecule is CC1=C[C@@H](CN2CCN(c3cnccn3)CC2)[C@H](C(C)C)C[C@H]1Cc1nnc(-c2cccnc2)o1. The van der Waals surface area contributed by atoms with E-state index in [1.54, 1.807) is 24.8 Å². The van der Waals surface area contributed by atoms with Gasteiger partial charge in [0, 0.05) is 63.9 Å². The lowest BCUT2D eigenvalue weighted by Gasteiger charge is -2.41. The van der Waals surface area contributed by atoms with Crippen LogP contribution in [0.3, 0.4) is 0 Å². The topological polar surface area (TPSA) is 84.1 Å². The van der Waals surface area contributed by atoms with Gasteiger partial charge < -0.3 is 9.32 Å². The number of pyridine rings is 1. The molecule has 0 radical (unpaired) electrons. The summed E-state index contributed by atoms with van der Waals surface area (Å²) in [5, 5.41) is 8.60. The number of anilines is 1. The van der Waals surface area contributed by atoms with Crippen LogP contribution in [0, 0.1) is 23.7 Å². The van der Waals surface area contributed by atoms with Gasteiger partial charge in [0.15, 0.2) is 0 Å². The van der Waals surface area contributed by atoms with E-state index in [4.69, 9.17) is 4.42 Å². The molecule has 0 unspecified atom stereocenters. The molecule has 1 aliphatic carbocycles. The lowest BCUT2D eigenvalue weighted by molar-refractivity contribution is 0.155. The van der Waals surface area contributed by atoms with Gasteiger partial charge in [-0.05, 0) is 49.1 Å². The predicted molar refractivity (Wildman–Crippen MR) is 136 cm³/mol. The second-order valence-electron chi connectivity index (χ2n) is 10.2. The van der Waals surface area contributed by atoms with Crippen LogP contribution in [-0.4, -0.2) is 62.8 Å². The molecule has 4 heterocycles. The van der Waals surface area contributed by atoms with Crippen LogP contribution in [0.25, 0.3) is 11.5 Å². The molecule has 3 atom stereocenters. The van der Waals surface area contributed by atoms with Gasteiger partial charge in [-0.15, -0.1) is 10.2 Å². The van der Waals surface area contributed by atoms with E-state index in [2.05, 4.69) is 61.8 Å². The molecule has 1 aliphatic heterocycles. The second-order valence-corrected chi connectivity index (χ2v) is 10.2. The Balaban J connectivity index is 1.22. The molecular weight excluding hydrogens is 438 g/mol. The minimum atomic E-state index is 0.439. The second kappa shape index (κ2) is 10.6. The van der Waals surface area contributed by atoms with Gasteiger partial charge in [0.25, 0.3) is 0 Å². The molecule has 0 saturated carbocycles. The molecule has 184 valence electrons. The summed E-state index contributed by atoms with van der Waals surface area (Å²) in [6.07, 6.45) is 13.4. The van der Waals surface area contributed by atoms with Gasteiger partial charge in [-0.25, -0.2) is 4.98 Å². The Morgan fingerprint density at radius 1 is 1.03 bits per heavy atom. The Bertz CT molecular complexity index is 1110. The molecule has 0 spiro atoms. The standard InChI is InChI=1S/C27H35N7O/c1-19(2)24-14-22(15-26-31-32-27(35-26)21-5-4-6-28-16-21)20(3)13-23(24)18-33-9-11-34(12-10-33)25-17-29-7-8-30-25/h4-8,13,16-17,19,22-24H,9-12,14-15,18H2,1-3H3/t22-,23-,24-/m0/s1. The van der Waals surface area contributed by atoms with Crippen molar-refractivity contribution in [1.29, 1.82) is 0 Å². The summed E-state index contributed by atoms with van der Waals surface area (Å²) in [4.78, 5) is 17.8. The highest BCUT2D eigenvalue weighted by Gasteiger charge is 2.34. The molecule has 0 aromatic carbocycles. The average Bonchev–Trinajstić information content (AvgIpc) is 3.35. The molecule has 0 bridgehead atoms. The van der Waals surface area contributed by atoms with Gasteiger partial charge in [0.05, 0.1) is 11.8 Å². The number of rotatable bonds is 7. The molecule has 8 heteroatoms. The van der Waals surface area contributed by atoms with Crippen molar-refractivity contribution in [3.05, 3.63) is 60.7 Å². The van der Waals surface area contributed by atoms with Crippen molar-refractivity contribution < 1.29 is 4.42 Å². The van der Waals surface area contributed by atoms with Gasteiger partial charge in [-0.1, -0.05) is 25.5 Å². The zero-order chi connectivity index (χ0) is 24.2. The molecule has 3 aromatic rings. The van der Waals surface area contributed by atoms with Crippen molar-refractivity contribution in [2.75, 3.05) is 37.6 Å². The number of nitrogens with zero attached hydrogens (tertiary/aromatic N) is 7. The molecule has 0 amide bonds. The van der Waals surface area contributed by atoms with E-state index in [9.17, 15) is 0 Å². The first kappa shape index (κ1) is 23.6. The van der Waals surface area contributed by atoms with E-state index >= 15 is 0 Å². The van der Waals surface area contributed by atoms with Crippen molar-refractivity contribution in [2.45, 2.75) is 33.6 Å². The monoisotopic (exact) mass is 473 g/mol. The molecule has 1 saturated heterocycles. The normalized spacial score (nSPS) is 23.5. The quantitative estimate of drug-likeness (QED) is 0.474. The van der Waals surface area contributed by atoms with E-state index in [-0.39, 0.29) is 0 Å². The van der Waals surface area contributed by atoms with Crippen LogP contribution in [0.1, 0.15) is 33.1 Å². The summed E-state index contributed by atoms with van der Waals surface area (Å²) >= 11 is 0.